The van der Waals surface area contributed by atoms with Crippen molar-refractivity contribution in [3.63, 3.8) is 0 Å². The minimum atomic E-state index is -1.85. The first kappa shape index (κ1) is 14.5. The number of carboxylic acids is 1. The third-order valence-corrected chi connectivity index (χ3v) is 2.14. The van der Waals surface area contributed by atoms with Gasteiger partial charge >= 0.3 is 5.97 Å². The van der Waals surface area contributed by atoms with Crippen LogP contribution in [0.25, 0.3) is 0 Å². The first-order valence-corrected chi connectivity index (χ1v) is 4.96. The molecule has 19 heavy (non-hydrogen) atoms. The van der Waals surface area contributed by atoms with E-state index in [2.05, 4.69) is 0 Å². The van der Waals surface area contributed by atoms with Crippen LogP contribution in [0.2, 0.25) is 0 Å². The number of carbonyl (C=O) groups excluding carboxylic acids is 1. The molecule has 9 heteroatoms. The molecule has 0 saturated carbocycles. The zero-order chi connectivity index (χ0) is 14.6. The molecule has 1 aromatic carbocycles. The summed E-state index contributed by atoms with van der Waals surface area (Å²) < 4.78 is 13.0. The molecule has 0 radical (unpaired) electrons. The lowest BCUT2D eigenvalue weighted by molar-refractivity contribution is -0.385. The molecule has 0 bridgehead atoms. The maximum Gasteiger partial charge on any atom is 0.334 e. The summed E-state index contributed by atoms with van der Waals surface area (Å²) in [6, 6.07) is 2.29. The number of rotatable bonds is 5. The zero-order valence-electron chi connectivity index (χ0n) is 9.37. The number of hydrogen-bond acceptors (Lipinski definition) is 5. The predicted molar refractivity (Wildman–Crippen MR) is 59.0 cm³/mol. The van der Waals surface area contributed by atoms with Crippen molar-refractivity contribution in [2.75, 3.05) is 6.54 Å². The summed E-state index contributed by atoms with van der Waals surface area (Å²) in [4.78, 5) is 31.6. The van der Waals surface area contributed by atoms with Crippen LogP contribution in [0.4, 0.5) is 10.1 Å². The summed E-state index contributed by atoms with van der Waals surface area (Å²) in [6.45, 7) is -0.651. The van der Waals surface area contributed by atoms with Crippen LogP contribution in [0.5, 0.6) is 0 Å². The number of nitro benzene ring substituents is 1. The van der Waals surface area contributed by atoms with Crippen molar-refractivity contribution in [2.24, 2.45) is 0 Å². The minimum Gasteiger partial charge on any atom is -0.479 e. The number of amides is 1. The Kier molecular flexibility index (Phi) is 4.48. The van der Waals surface area contributed by atoms with Crippen molar-refractivity contribution in [3.8, 4) is 0 Å². The van der Waals surface area contributed by atoms with E-state index in [0.29, 0.717) is 6.07 Å². The molecule has 0 aliphatic rings. The van der Waals surface area contributed by atoms with Gasteiger partial charge in [0.25, 0.3) is 11.6 Å². The van der Waals surface area contributed by atoms with Gasteiger partial charge in [0.05, 0.1) is 11.5 Å². The third-order valence-electron chi connectivity index (χ3n) is 2.14. The number of benzene rings is 1. The highest BCUT2D eigenvalue weighted by molar-refractivity contribution is 5.98. The Morgan fingerprint density at radius 1 is 1.47 bits per heavy atom. The van der Waals surface area contributed by atoms with Gasteiger partial charge in [0.2, 0.25) is 0 Å². The molecule has 0 unspecified atom stereocenters. The van der Waals surface area contributed by atoms with Gasteiger partial charge in [-0.3, -0.25) is 14.9 Å². The number of aliphatic hydroxyl groups excluding tert-OH is 1. The van der Waals surface area contributed by atoms with Crippen LogP contribution in [-0.4, -0.2) is 39.7 Å². The maximum atomic E-state index is 13.0. The molecule has 0 saturated heterocycles. The van der Waals surface area contributed by atoms with Gasteiger partial charge < -0.3 is 15.5 Å². The van der Waals surface area contributed by atoms with E-state index in [1.807, 2.05) is 5.32 Å². The van der Waals surface area contributed by atoms with Gasteiger partial charge in [-0.2, -0.15) is 0 Å². The summed E-state index contributed by atoms with van der Waals surface area (Å²) in [7, 11) is 0. The summed E-state index contributed by atoms with van der Waals surface area (Å²) in [5, 5.41) is 29.9. The number of nitrogens with zero attached hydrogens (tertiary/aromatic N) is 1. The quantitative estimate of drug-likeness (QED) is 0.507. The number of nitrogens with one attached hydrogen (secondary N) is 1. The van der Waals surface area contributed by atoms with Crippen LogP contribution >= 0.6 is 0 Å². The van der Waals surface area contributed by atoms with Crippen molar-refractivity contribution >= 4 is 17.6 Å². The molecule has 1 atom stereocenters. The van der Waals surface area contributed by atoms with Crippen LogP contribution in [0, 0.1) is 15.9 Å². The second-order valence-electron chi connectivity index (χ2n) is 3.48. The summed E-state index contributed by atoms with van der Waals surface area (Å²) in [6.07, 6.45) is -1.85. The van der Waals surface area contributed by atoms with Crippen molar-refractivity contribution in [1.29, 1.82) is 0 Å². The molecule has 1 aromatic rings. The normalized spacial score (nSPS) is 11.7. The molecule has 0 fully saturated rings. The second-order valence-corrected chi connectivity index (χ2v) is 3.48. The molecule has 0 spiro atoms. The fourth-order valence-electron chi connectivity index (χ4n) is 1.22. The first-order chi connectivity index (χ1) is 8.82. The smallest absolute Gasteiger partial charge is 0.334 e. The Balaban J connectivity index is 2.90. The number of aliphatic carboxylic acids is 1. The number of nitro groups is 1. The highest BCUT2D eigenvalue weighted by Gasteiger charge is 2.22. The predicted octanol–water partition coefficient (Wildman–Crippen LogP) is -0.0908. The van der Waals surface area contributed by atoms with Crippen LogP contribution < -0.4 is 5.32 Å². The highest BCUT2D eigenvalue weighted by Crippen LogP contribution is 2.19. The average molecular weight is 272 g/mol. The number of aliphatic hydroxyl groups is 1. The molecule has 0 aliphatic carbocycles. The fraction of sp³-hybridized carbons (Fsp3) is 0.200. The van der Waals surface area contributed by atoms with E-state index in [1.165, 1.54) is 0 Å². The number of carboxylic acid groups (broad SMARTS) is 1. The Labute approximate surface area is 105 Å². The minimum absolute atomic E-state index is 0.553. The lowest BCUT2D eigenvalue weighted by Gasteiger charge is -2.08. The van der Waals surface area contributed by atoms with Gasteiger partial charge in [-0.1, -0.05) is 0 Å². The Hall–Kier alpha value is -2.55. The van der Waals surface area contributed by atoms with E-state index in [4.69, 9.17) is 10.2 Å². The lowest BCUT2D eigenvalue weighted by Crippen LogP contribution is -2.36. The van der Waals surface area contributed by atoms with Gasteiger partial charge in [-0.05, 0) is 12.1 Å². The van der Waals surface area contributed by atoms with Crippen LogP contribution in [0.1, 0.15) is 10.4 Å². The van der Waals surface area contributed by atoms with E-state index >= 15 is 0 Å². The van der Waals surface area contributed by atoms with Crippen molar-refractivity contribution in [1.82, 2.24) is 5.32 Å². The van der Waals surface area contributed by atoms with Crippen LogP contribution in [0.15, 0.2) is 18.2 Å². The Morgan fingerprint density at radius 2 is 2.11 bits per heavy atom. The van der Waals surface area contributed by atoms with Gasteiger partial charge in [0, 0.05) is 6.07 Å². The molecule has 0 aromatic heterocycles. The van der Waals surface area contributed by atoms with Gasteiger partial charge in [0.1, 0.15) is 11.4 Å². The lowest BCUT2D eigenvalue weighted by atomic mass is 10.1. The molecule has 0 heterocycles. The SMILES string of the molecule is O=C(NC[C@H](O)C(=O)O)c1cc(F)ccc1[N+](=O)[O-]. The Morgan fingerprint density at radius 3 is 2.63 bits per heavy atom. The molecule has 1 amide bonds. The monoisotopic (exact) mass is 272 g/mol. The molecule has 102 valence electrons. The Bertz CT molecular complexity index is 533. The number of hydrogen-bond donors (Lipinski definition) is 3. The summed E-state index contributed by atoms with van der Waals surface area (Å²) >= 11 is 0. The second kappa shape index (κ2) is 5.87. The number of halogens is 1. The maximum absolute atomic E-state index is 13.0. The zero-order valence-corrected chi connectivity index (χ0v) is 9.37. The summed E-state index contributed by atoms with van der Waals surface area (Å²) in [5.41, 5.74) is -1.17. The molecular weight excluding hydrogens is 263 g/mol. The molecule has 8 nitrogen and oxygen atoms in total. The van der Waals surface area contributed by atoms with E-state index < -0.39 is 46.5 Å². The standard InChI is InChI=1S/C10H9FN2O6/c11-5-1-2-7(13(18)19)6(3-5)9(15)12-4-8(14)10(16)17/h1-3,8,14H,4H2,(H,12,15)(H,16,17)/t8-/m0/s1. The van der Waals surface area contributed by atoms with Crippen LogP contribution in [0.3, 0.4) is 0 Å². The topological polar surface area (TPSA) is 130 Å². The average Bonchev–Trinajstić information content (AvgIpc) is 2.34. The van der Waals surface area contributed by atoms with Gasteiger partial charge in [0.15, 0.2) is 6.10 Å². The first-order valence-electron chi connectivity index (χ1n) is 4.96. The molecular formula is C10H9FN2O6. The molecule has 3 N–H and O–H groups in total. The van der Waals surface area contributed by atoms with E-state index in [9.17, 15) is 24.1 Å². The largest absolute Gasteiger partial charge is 0.479 e. The highest BCUT2D eigenvalue weighted by atomic mass is 19.1. The number of carbonyl (C=O) groups is 2. The van der Waals surface area contributed by atoms with E-state index in [0.717, 1.165) is 12.1 Å². The molecule has 1 rings (SSSR count). The van der Waals surface area contributed by atoms with Crippen LogP contribution in [-0.2, 0) is 4.79 Å². The van der Waals surface area contributed by atoms with Gasteiger partial charge in [-0.15, -0.1) is 0 Å². The van der Waals surface area contributed by atoms with Crippen molar-refractivity contribution < 1.29 is 29.1 Å². The van der Waals surface area contributed by atoms with E-state index in [-0.39, 0.29) is 0 Å². The summed E-state index contributed by atoms with van der Waals surface area (Å²) in [5.74, 6) is -3.46. The molecule has 0 aliphatic heterocycles. The fourth-order valence-corrected chi connectivity index (χ4v) is 1.22. The van der Waals surface area contributed by atoms with Gasteiger partial charge in [-0.25, -0.2) is 9.18 Å². The van der Waals surface area contributed by atoms with E-state index in [1.54, 1.807) is 0 Å². The van der Waals surface area contributed by atoms with Crippen molar-refractivity contribution in [3.05, 3.63) is 39.7 Å². The van der Waals surface area contributed by atoms with Crippen molar-refractivity contribution in [2.45, 2.75) is 6.10 Å². The third kappa shape index (κ3) is 3.71.